The van der Waals surface area contributed by atoms with Gasteiger partial charge in [0.15, 0.2) is 0 Å². The molecule has 1 atom stereocenters. The number of anilines is 1. The van der Waals surface area contributed by atoms with Gasteiger partial charge in [0.25, 0.3) is 5.91 Å². The molecule has 2 heterocycles. The van der Waals surface area contributed by atoms with E-state index in [4.69, 9.17) is 11.0 Å². The van der Waals surface area contributed by atoms with Crippen LogP contribution in [0.4, 0.5) is 14.5 Å². The third-order valence-electron chi connectivity index (χ3n) is 4.72. The van der Waals surface area contributed by atoms with E-state index in [2.05, 4.69) is 10.4 Å². The summed E-state index contributed by atoms with van der Waals surface area (Å²) in [5.41, 5.74) is 5.97. The van der Waals surface area contributed by atoms with E-state index in [0.717, 1.165) is 0 Å². The van der Waals surface area contributed by atoms with Crippen molar-refractivity contribution in [1.82, 2.24) is 9.61 Å². The fraction of sp³-hybridized carbons (Fsp3) is 0.250. The highest BCUT2D eigenvalue weighted by Gasteiger charge is 2.27. The number of hydrogen-bond acceptors (Lipinski definition) is 4. The Morgan fingerprint density at radius 2 is 2.07 bits per heavy atom. The number of amides is 1. The molecule has 0 saturated carbocycles. The maximum atomic E-state index is 14.3. The number of carbonyl (C=O) groups excluding carboxylic acids is 1. The maximum absolute atomic E-state index is 14.3. The van der Waals surface area contributed by atoms with E-state index in [9.17, 15) is 13.6 Å². The van der Waals surface area contributed by atoms with Crippen molar-refractivity contribution in [1.29, 1.82) is 5.26 Å². The Morgan fingerprint density at radius 3 is 2.64 bits per heavy atom. The summed E-state index contributed by atoms with van der Waals surface area (Å²) < 4.78 is 29.8. The number of fused-ring (bicyclic) bond motifs is 1. The third kappa shape index (κ3) is 3.51. The van der Waals surface area contributed by atoms with Gasteiger partial charge in [0.2, 0.25) is 0 Å². The highest BCUT2D eigenvalue weighted by Crippen LogP contribution is 2.31. The number of nitrogens with zero attached hydrogens (tertiary/aromatic N) is 3. The number of halogens is 2. The molecular weight excluding hydrogens is 364 g/mol. The first kappa shape index (κ1) is 19.3. The highest BCUT2D eigenvalue weighted by molar-refractivity contribution is 6.02. The number of rotatable bonds is 5. The topological polar surface area (TPSA) is 96.2 Å². The van der Waals surface area contributed by atoms with Crippen molar-refractivity contribution in [2.24, 2.45) is 5.73 Å². The van der Waals surface area contributed by atoms with E-state index >= 15 is 0 Å². The number of aromatic nitrogens is 2. The molecule has 0 radical (unpaired) electrons. The van der Waals surface area contributed by atoms with Crippen LogP contribution in [0, 0.1) is 17.1 Å². The fourth-order valence-corrected chi connectivity index (χ4v) is 2.73. The Labute approximate surface area is 160 Å². The molecular formula is C20H19F2N5O. The molecule has 0 unspecified atom stereocenters. The number of benzene rings is 1. The van der Waals surface area contributed by atoms with E-state index in [0.29, 0.717) is 22.3 Å². The van der Waals surface area contributed by atoms with Gasteiger partial charge in [-0.2, -0.15) is 10.4 Å². The molecule has 3 rings (SSSR count). The zero-order chi connectivity index (χ0) is 20.6. The smallest absolute Gasteiger partial charge is 0.252 e. The molecule has 3 N–H and O–H groups in total. The van der Waals surface area contributed by atoms with Gasteiger partial charge in [-0.3, -0.25) is 4.79 Å². The van der Waals surface area contributed by atoms with Crippen LogP contribution in [0.25, 0.3) is 16.6 Å². The average molecular weight is 383 g/mol. The minimum absolute atomic E-state index is 0.0528. The van der Waals surface area contributed by atoms with E-state index in [1.54, 1.807) is 31.3 Å². The Kier molecular flexibility index (Phi) is 4.77. The van der Waals surface area contributed by atoms with Gasteiger partial charge in [0.1, 0.15) is 17.6 Å². The zero-order valence-corrected chi connectivity index (χ0v) is 15.6. The first-order valence-electron chi connectivity index (χ1n) is 8.58. The largest absolute Gasteiger partial charge is 0.377 e. The van der Waals surface area contributed by atoms with Gasteiger partial charge in [-0.15, -0.1) is 0 Å². The molecule has 0 saturated heterocycles. The van der Waals surface area contributed by atoms with Crippen LogP contribution in [0.1, 0.15) is 36.7 Å². The predicted molar refractivity (Wildman–Crippen MR) is 102 cm³/mol. The second-order valence-electron chi connectivity index (χ2n) is 7.09. The van der Waals surface area contributed by atoms with E-state index in [1.807, 2.05) is 0 Å². The average Bonchev–Trinajstić information content (AvgIpc) is 3.05. The minimum atomic E-state index is -1.55. The minimum Gasteiger partial charge on any atom is -0.377 e. The fourth-order valence-electron chi connectivity index (χ4n) is 2.73. The van der Waals surface area contributed by atoms with Crippen LogP contribution in [0.3, 0.4) is 0 Å². The summed E-state index contributed by atoms with van der Waals surface area (Å²) >= 11 is 0. The molecule has 1 amide bonds. The van der Waals surface area contributed by atoms with Crippen molar-refractivity contribution in [2.45, 2.75) is 32.5 Å². The van der Waals surface area contributed by atoms with Crippen LogP contribution in [0.5, 0.6) is 0 Å². The molecule has 2 aromatic heterocycles. The van der Waals surface area contributed by atoms with Crippen LogP contribution < -0.4 is 11.1 Å². The van der Waals surface area contributed by atoms with Crippen molar-refractivity contribution < 1.29 is 13.6 Å². The van der Waals surface area contributed by atoms with Crippen molar-refractivity contribution in [2.75, 3.05) is 5.32 Å². The molecule has 144 valence electrons. The van der Waals surface area contributed by atoms with Crippen LogP contribution in [-0.2, 0) is 0 Å². The van der Waals surface area contributed by atoms with Crippen molar-refractivity contribution in [3.05, 3.63) is 53.6 Å². The van der Waals surface area contributed by atoms with Crippen molar-refractivity contribution in [3.8, 4) is 17.2 Å². The van der Waals surface area contributed by atoms with E-state index in [-0.39, 0.29) is 11.1 Å². The number of nitriles is 1. The second-order valence-corrected chi connectivity index (χ2v) is 7.09. The molecule has 0 spiro atoms. The first-order chi connectivity index (χ1) is 13.1. The monoisotopic (exact) mass is 383 g/mol. The molecule has 3 aromatic rings. The highest BCUT2D eigenvalue weighted by atomic mass is 19.1. The lowest BCUT2D eigenvalue weighted by molar-refractivity contribution is 0.1000. The second kappa shape index (κ2) is 6.93. The third-order valence-corrected chi connectivity index (χ3v) is 4.72. The summed E-state index contributed by atoms with van der Waals surface area (Å²) in [6, 6.07) is 7.11. The van der Waals surface area contributed by atoms with Gasteiger partial charge >= 0.3 is 0 Å². The molecule has 0 aliphatic carbocycles. The number of nitrogens with one attached hydrogen (secondary N) is 1. The van der Waals surface area contributed by atoms with Gasteiger partial charge in [-0.1, -0.05) is 6.07 Å². The molecule has 0 aliphatic rings. The van der Waals surface area contributed by atoms with Crippen molar-refractivity contribution >= 4 is 17.1 Å². The number of carbonyl (C=O) groups is 1. The number of nitrogens with two attached hydrogens (primary N) is 1. The molecule has 6 nitrogen and oxygen atoms in total. The summed E-state index contributed by atoms with van der Waals surface area (Å²) in [6.07, 6.45) is 2.95. The summed E-state index contributed by atoms with van der Waals surface area (Å²) in [4.78, 5) is 11.8. The van der Waals surface area contributed by atoms with Gasteiger partial charge < -0.3 is 11.1 Å². The summed E-state index contributed by atoms with van der Waals surface area (Å²) in [6.45, 7) is 4.51. The summed E-state index contributed by atoms with van der Waals surface area (Å²) in [5.74, 6) is -1.33. The van der Waals surface area contributed by atoms with Gasteiger partial charge in [0.05, 0.1) is 34.6 Å². The van der Waals surface area contributed by atoms with Crippen molar-refractivity contribution in [3.63, 3.8) is 0 Å². The normalized spacial score (nSPS) is 12.6. The molecule has 1 aromatic carbocycles. The lowest BCUT2D eigenvalue weighted by atomic mass is 10.0. The quantitative estimate of drug-likeness (QED) is 0.703. The summed E-state index contributed by atoms with van der Waals surface area (Å²) in [5, 5.41) is 16.1. The summed E-state index contributed by atoms with van der Waals surface area (Å²) in [7, 11) is 0. The Bertz CT molecular complexity index is 1110. The Balaban J connectivity index is 2.16. The SMILES string of the molecule is C[C@@H](Nc1c(C(N)=O)cnn2cc(-c3ccc(C#N)c(F)c3)cc12)C(C)(C)F. The molecule has 0 bridgehead atoms. The molecule has 0 aliphatic heterocycles. The Morgan fingerprint density at radius 1 is 1.36 bits per heavy atom. The number of alkyl halides is 1. The van der Waals surface area contributed by atoms with E-state index < -0.39 is 23.4 Å². The zero-order valence-electron chi connectivity index (χ0n) is 15.6. The van der Waals surface area contributed by atoms with Crippen LogP contribution in [-0.4, -0.2) is 27.2 Å². The van der Waals surface area contributed by atoms with Crippen LogP contribution >= 0.6 is 0 Å². The van der Waals surface area contributed by atoms with Gasteiger partial charge in [0, 0.05) is 11.8 Å². The molecule has 28 heavy (non-hydrogen) atoms. The first-order valence-corrected chi connectivity index (χ1v) is 8.58. The van der Waals surface area contributed by atoms with Gasteiger partial charge in [-0.25, -0.2) is 13.3 Å². The predicted octanol–water partition coefficient (Wildman–Crippen LogP) is 3.66. The number of hydrogen-bond donors (Lipinski definition) is 2. The maximum Gasteiger partial charge on any atom is 0.252 e. The van der Waals surface area contributed by atoms with Crippen LogP contribution in [0.2, 0.25) is 0 Å². The van der Waals surface area contributed by atoms with E-state index in [1.165, 1.54) is 36.7 Å². The molecule has 8 heteroatoms. The van der Waals surface area contributed by atoms with Crippen LogP contribution in [0.15, 0.2) is 36.7 Å². The Hall–Kier alpha value is -3.47. The standard InChI is InChI=1S/C20H19F2N5O/c1-11(20(2,3)22)26-18-15(19(24)28)9-25-27-10-14(7-17(18)27)12-4-5-13(8-23)16(21)6-12/h4-7,9-11,26H,1-3H3,(H2,24,28)/t11-/m1/s1. The lowest BCUT2D eigenvalue weighted by Crippen LogP contribution is -2.36. The van der Waals surface area contributed by atoms with Gasteiger partial charge in [-0.05, 0) is 44.5 Å². The number of primary amides is 1. The lowest BCUT2D eigenvalue weighted by Gasteiger charge is -2.26. The molecule has 0 fully saturated rings.